The molecule has 0 bridgehead atoms. The van der Waals surface area contributed by atoms with Crippen LogP contribution in [0.15, 0.2) is 376 Å². The van der Waals surface area contributed by atoms with E-state index in [1.807, 2.05) is 83.4 Å². The molecular weight excluding hydrogens is 1240 g/mol. The number of rotatable bonds is 8. The summed E-state index contributed by atoms with van der Waals surface area (Å²) in [5, 5.41) is 14.0. The van der Waals surface area contributed by atoms with Crippen molar-refractivity contribution in [1.82, 2.24) is 27.4 Å². The molecule has 0 aliphatic carbocycles. The molecule has 6 nitrogen and oxygen atoms in total. The van der Waals surface area contributed by atoms with Crippen LogP contribution in [-0.2, 0) is 0 Å². The number of aromatic nitrogens is 6. The summed E-state index contributed by atoms with van der Waals surface area (Å²) in [4.78, 5) is 0. The standard InChI is InChI=1S/2C48H31N3/c1-6-22-43-37(17-1)38-18-2-7-23-44(38)49(43)34-14-11-13-32(29-34)33-27-28-48-42(30-33)41-21-5-10-26-47(41)51(48)36-16-12-15-35(31-36)50-45-24-8-3-19-39(45)40-20-4-9-25-46(40)50;1-6-19-43-37(14-1)38-15-2-7-20-44(38)49(43)34-27-24-32(25-28-34)33-26-29-48-42(30-33)41-18-5-10-23-47(41)51(48)36-13-11-12-35(31-36)50-45-21-8-3-16-39(45)40-17-4-9-22-46(40)50/h2*1-31H/i;24D,25D,27D,28D. The van der Waals surface area contributed by atoms with Crippen molar-refractivity contribution in [2.75, 3.05) is 0 Å². The fourth-order valence-corrected chi connectivity index (χ4v) is 16.5. The van der Waals surface area contributed by atoms with Crippen molar-refractivity contribution in [3.05, 3.63) is 376 Å². The minimum atomic E-state index is -0.0769. The van der Waals surface area contributed by atoms with Crippen molar-refractivity contribution in [3.8, 4) is 56.4 Å². The molecule has 102 heavy (non-hydrogen) atoms. The molecule has 0 saturated heterocycles. The molecule has 0 aliphatic heterocycles. The van der Waals surface area contributed by atoms with E-state index >= 15 is 0 Å². The van der Waals surface area contributed by atoms with E-state index in [4.69, 9.17) is 0 Å². The zero-order valence-corrected chi connectivity index (χ0v) is 55.2. The van der Waals surface area contributed by atoms with Gasteiger partial charge in [0.25, 0.3) is 0 Å². The fraction of sp³-hybridized carbons (Fsp3) is 0. The van der Waals surface area contributed by atoms with E-state index in [0.29, 0.717) is 5.56 Å². The third-order valence-corrected chi connectivity index (χ3v) is 20.9. The van der Waals surface area contributed by atoms with Gasteiger partial charge in [-0.25, -0.2) is 0 Å². The highest BCUT2D eigenvalue weighted by Crippen LogP contribution is 2.42. The molecule has 0 radical (unpaired) electrons. The van der Waals surface area contributed by atoms with E-state index in [1.54, 1.807) is 0 Å². The summed E-state index contributed by atoms with van der Waals surface area (Å²) in [5.74, 6) is 0. The number of hydrogen-bond acceptors (Lipinski definition) is 0. The second kappa shape index (κ2) is 23.0. The first kappa shape index (κ1) is 53.4. The largest absolute Gasteiger partial charge is 0.309 e. The molecule has 0 N–H and O–H groups in total. The SMILES string of the molecule is [2H]c1c([2H])c(-n2c3ccccc3c3ccccc32)c([2H])c([2H])c1-c1ccc2c(c1)c1ccccc1n2-c1cccc(-n2c3ccccc3c3ccccc32)c1.c1cc(-c2ccc3c(c2)c2ccccc2n3-c2cccc(-n3c4ccccc4c4ccccc43)c2)cc(-n2c3ccccc3c3ccccc32)c1. The first-order chi connectivity index (χ1) is 52.3. The number of nitrogens with zero attached hydrogens (tertiary/aromatic N) is 6. The molecule has 0 aliphatic rings. The van der Waals surface area contributed by atoms with Crippen LogP contribution in [0, 0.1) is 0 Å². The predicted octanol–water partition coefficient (Wildman–Crippen LogP) is 25.3. The second-order valence-corrected chi connectivity index (χ2v) is 26.5. The van der Waals surface area contributed by atoms with Crippen LogP contribution in [-0.4, -0.2) is 27.4 Å². The van der Waals surface area contributed by atoms with Crippen molar-refractivity contribution in [2.24, 2.45) is 0 Å². The molecule has 0 spiro atoms. The lowest BCUT2D eigenvalue weighted by atomic mass is 10.0. The van der Waals surface area contributed by atoms with Gasteiger partial charge in [-0.05, 0) is 168 Å². The molecule has 0 amide bonds. The lowest BCUT2D eigenvalue weighted by molar-refractivity contribution is 1.13. The summed E-state index contributed by atoms with van der Waals surface area (Å²) in [6.07, 6.45) is 0. The summed E-state index contributed by atoms with van der Waals surface area (Å²) < 4.78 is 51.0. The van der Waals surface area contributed by atoms with Crippen LogP contribution >= 0.6 is 0 Å². The average molecular weight is 1300 g/mol. The highest BCUT2D eigenvalue weighted by atomic mass is 15.0. The number of fused-ring (bicyclic) bond motifs is 18. The molecule has 0 fully saturated rings. The predicted molar refractivity (Wildman–Crippen MR) is 430 cm³/mol. The number of hydrogen-bond donors (Lipinski definition) is 0. The van der Waals surface area contributed by atoms with Gasteiger partial charge in [-0.3, -0.25) is 0 Å². The van der Waals surface area contributed by atoms with Gasteiger partial charge in [0.15, 0.2) is 0 Å². The van der Waals surface area contributed by atoms with E-state index in [1.165, 1.54) is 87.3 Å². The maximum absolute atomic E-state index is 9.34. The second-order valence-electron chi connectivity index (χ2n) is 26.5. The molecule has 16 aromatic carbocycles. The molecule has 6 aromatic heterocycles. The molecule has 6 heteroatoms. The Morgan fingerprint density at radius 1 is 0.137 bits per heavy atom. The highest BCUT2D eigenvalue weighted by Gasteiger charge is 2.21. The van der Waals surface area contributed by atoms with Gasteiger partial charge in [0.1, 0.15) is 0 Å². The Kier molecular flexibility index (Phi) is 12.0. The van der Waals surface area contributed by atoms with E-state index in [9.17, 15) is 5.48 Å². The molecule has 476 valence electrons. The van der Waals surface area contributed by atoms with Crippen LogP contribution in [0.3, 0.4) is 0 Å². The highest BCUT2D eigenvalue weighted by molar-refractivity contribution is 6.15. The first-order valence-electron chi connectivity index (χ1n) is 36.7. The van der Waals surface area contributed by atoms with Crippen LogP contribution in [0.5, 0.6) is 0 Å². The van der Waals surface area contributed by atoms with Crippen LogP contribution in [0.1, 0.15) is 5.48 Å². The third kappa shape index (κ3) is 8.86. The van der Waals surface area contributed by atoms with Gasteiger partial charge in [0.2, 0.25) is 0 Å². The quantitative estimate of drug-likeness (QED) is 0.145. The van der Waals surface area contributed by atoms with E-state index in [2.05, 4.69) is 296 Å². The van der Waals surface area contributed by atoms with Gasteiger partial charge in [0, 0.05) is 98.8 Å². The molecule has 22 aromatic rings. The lowest BCUT2D eigenvalue weighted by Gasteiger charge is -2.13. The van der Waals surface area contributed by atoms with Crippen LogP contribution < -0.4 is 0 Å². The van der Waals surface area contributed by atoms with Gasteiger partial charge < -0.3 is 27.4 Å². The lowest BCUT2D eigenvalue weighted by Crippen LogP contribution is -1.98. The summed E-state index contributed by atoms with van der Waals surface area (Å²) in [5.41, 5.74) is 22.4. The summed E-state index contributed by atoms with van der Waals surface area (Å²) in [6, 6.07) is 124. The smallest absolute Gasteiger partial charge is 0.0645 e. The van der Waals surface area contributed by atoms with Gasteiger partial charge in [-0.2, -0.15) is 0 Å². The zero-order valence-electron chi connectivity index (χ0n) is 59.2. The molecule has 0 saturated carbocycles. The number of para-hydroxylation sites is 10. The molecule has 0 unspecified atom stereocenters. The Balaban J connectivity index is 0.000000137. The average Bonchev–Trinajstić information content (AvgIpc) is 0.856. The van der Waals surface area contributed by atoms with E-state index < -0.39 is 0 Å². The minimum absolute atomic E-state index is 0.0696. The van der Waals surface area contributed by atoms with Gasteiger partial charge in [-0.1, -0.05) is 230 Å². The van der Waals surface area contributed by atoms with Gasteiger partial charge >= 0.3 is 0 Å². The Bertz CT molecular complexity index is 7180. The summed E-state index contributed by atoms with van der Waals surface area (Å²) in [7, 11) is 0. The fourth-order valence-electron chi connectivity index (χ4n) is 16.5. The Hall–Kier alpha value is -13.7. The summed E-state index contributed by atoms with van der Waals surface area (Å²) >= 11 is 0. The third-order valence-electron chi connectivity index (χ3n) is 20.9. The monoisotopic (exact) mass is 1300 g/mol. The van der Waals surface area contributed by atoms with Gasteiger partial charge in [-0.15, -0.1) is 0 Å². The number of benzene rings is 16. The summed E-state index contributed by atoms with van der Waals surface area (Å²) in [6.45, 7) is 0. The molecule has 22 rings (SSSR count). The van der Waals surface area contributed by atoms with Crippen molar-refractivity contribution >= 4 is 131 Å². The Labute approximate surface area is 592 Å². The van der Waals surface area contributed by atoms with Crippen molar-refractivity contribution < 1.29 is 5.48 Å². The van der Waals surface area contributed by atoms with Crippen LogP contribution in [0.25, 0.3) is 187 Å². The normalized spacial score (nSPS) is 12.5. The van der Waals surface area contributed by atoms with Crippen molar-refractivity contribution in [1.29, 1.82) is 0 Å². The molecular formula is C96H62N6. The topological polar surface area (TPSA) is 29.6 Å². The van der Waals surface area contributed by atoms with Crippen LogP contribution in [0.2, 0.25) is 0 Å². The van der Waals surface area contributed by atoms with Gasteiger partial charge in [0.05, 0.1) is 71.7 Å². The van der Waals surface area contributed by atoms with E-state index in [0.717, 1.165) is 83.1 Å². The maximum Gasteiger partial charge on any atom is 0.0645 e. The maximum atomic E-state index is 9.34. The Morgan fingerprint density at radius 3 is 0.627 bits per heavy atom. The first-order valence-corrected chi connectivity index (χ1v) is 34.7. The van der Waals surface area contributed by atoms with E-state index in [-0.39, 0.29) is 35.4 Å². The van der Waals surface area contributed by atoms with Crippen molar-refractivity contribution in [2.45, 2.75) is 0 Å². The van der Waals surface area contributed by atoms with Crippen LogP contribution in [0.4, 0.5) is 0 Å². The molecule has 0 atom stereocenters. The zero-order chi connectivity index (χ0) is 70.4. The van der Waals surface area contributed by atoms with Crippen molar-refractivity contribution in [3.63, 3.8) is 0 Å². The Morgan fingerprint density at radius 2 is 0.343 bits per heavy atom. The molecule has 6 heterocycles. The minimum Gasteiger partial charge on any atom is -0.309 e.